The second kappa shape index (κ2) is 5.15. The minimum Gasteiger partial charge on any atom is -0.338 e. The van der Waals surface area contributed by atoms with Crippen LogP contribution in [0.25, 0.3) is 0 Å². The van der Waals surface area contributed by atoms with Crippen molar-refractivity contribution in [3.8, 4) is 0 Å². The zero-order chi connectivity index (χ0) is 10.6. The topological polar surface area (TPSA) is 20.3 Å². The molecule has 1 rings (SSSR count). The van der Waals surface area contributed by atoms with Crippen LogP contribution in [0.2, 0.25) is 0 Å². The molecular weight excluding hydrogens is 194 g/mol. The standard InChI is InChI=1S/C11H17NOS/c1-4-9(5-2)12(3)11(13)10-7-6-8-14-10/h6-9H,4-5H2,1-3H3. The van der Waals surface area contributed by atoms with Crippen molar-refractivity contribution in [2.75, 3.05) is 7.05 Å². The van der Waals surface area contributed by atoms with Gasteiger partial charge in [0.05, 0.1) is 4.88 Å². The van der Waals surface area contributed by atoms with Crippen LogP contribution in [0.4, 0.5) is 0 Å². The van der Waals surface area contributed by atoms with E-state index in [0.29, 0.717) is 6.04 Å². The fraction of sp³-hybridized carbons (Fsp3) is 0.545. The Morgan fingerprint density at radius 2 is 2.14 bits per heavy atom. The molecule has 1 aromatic rings. The molecule has 0 aliphatic carbocycles. The van der Waals surface area contributed by atoms with Crippen LogP contribution in [0.3, 0.4) is 0 Å². The maximum absolute atomic E-state index is 11.9. The number of amides is 1. The van der Waals surface area contributed by atoms with Gasteiger partial charge in [-0.05, 0) is 24.3 Å². The Bertz CT molecular complexity index is 277. The van der Waals surface area contributed by atoms with E-state index in [4.69, 9.17) is 0 Å². The van der Waals surface area contributed by atoms with Crippen molar-refractivity contribution in [3.63, 3.8) is 0 Å². The molecule has 0 aliphatic heterocycles. The number of nitrogens with zero attached hydrogens (tertiary/aromatic N) is 1. The summed E-state index contributed by atoms with van der Waals surface area (Å²) in [5.41, 5.74) is 0. The highest BCUT2D eigenvalue weighted by Gasteiger charge is 2.18. The van der Waals surface area contributed by atoms with Gasteiger partial charge in [-0.3, -0.25) is 4.79 Å². The number of carbonyl (C=O) groups excluding carboxylic acids is 1. The fourth-order valence-electron chi connectivity index (χ4n) is 1.58. The summed E-state index contributed by atoms with van der Waals surface area (Å²) in [6.45, 7) is 4.23. The summed E-state index contributed by atoms with van der Waals surface area (Å²) in [5.74, 6) is 0.147. The number of hydrogen-bond acceptors (Lipinski definition) is 2. The van der Waals surface area contributed by atoms with Crippen LogP contribution < -0.4 is 0 Å². The molecule has 0 saturated carbocycles. The monoisotopic (exact) mass is 211 g/mol. The zero-order valence-corrected chi connectivity index (χ0v) is 9.80. The first-order valence-electron chi connectivity index (χ1n) is 5.01. The molecule has 0 radical (unpaired) electrons. The Hall–Kier alpha value is -0.830. The summed E-state index contributed by atoms with van der Waals surface area (Å²) in [5, 5.41) is 1.94. The van der Waals surface area contributed by atoms with Crippen LogP contribution in [0.1, 0.15) is 36.4 Å². The van der Waals surface area contributed by atoms with Gasteiger partial charge in [-0.25, -0.2) is 0 Å². The van der Waals surface area contributed by atoms with Gasteiger partial charge in [0, 0.05) is 13.1 Å². The lowest BCUT2D eigenvalue weighted by Crippen LogP contribution is -2.35. The van der Waals surface area contributed by atoms with E-state index in [1.54, 1.807) is 0 Å². The van der Waals surface area contributed by atoms with Gasteiger partial charge in [-0.15, -0.1) is 11.3 Å². The van der Waals surface area contributed by atoms with Crippen molar-refractivity contribution < 1.29 is 4.79 Å². The summed E-state index contributed by atoms with van der Waals surface area (Å²) < 4.78 is 0. The molecule has 14 heavy (non-hydrogen) atoms. The van der Waals surface area contributed by atoms with Gasteiger partial charge < -0.3 is 4.90 Å². The normalized spacial score (nSPS) is 10.6. The molecule has 0 fully saturated rings. The Morgan fingerprint density at radius 3 is 2.57 bits per heavy atom. The quantitative estimate of drug-likeness (QED) is 0.749. The van der Waals surface area contributed by atoms with Crippen LogP contribution in [0.5, 0.6) is 0 Å². The fourth-order valence-corrected chi connectivity index (χ4v) is 2.28. The molecule has 0 aromatic carbocycles. The van der Waals surface area contributed by atoms with Gasteiger partial charge >= 0.3 is 0 Å². The maximum Gasteiger partial charge on any atom is 0.263 e. The Labute approximate surface area is 89.5 Å². The summed E-state index contributed by atoms with van der Waals surface area (Å²) in [4.78, 5) is 14.6. The highest BCUT2D eigenvalue weighted by atomic mass is 32.1. The van der Waals surface area contributed by atoms with Crippen molar-refractivity contribution in [1.82, 2.24) is 4.90 Å². The number of carbonyl (C=O) groups is 1. The van der Waals surface area contributed by atoms with Crippen molar-refractivity contribution in [2.45, 2.75) is 32.7 Å². The highest BCUT2D eigenvalue weighted by molar-refractivity contribution is 7.12. The Morgan fingerprint density at radius 1 is 1.50 bits per heavy atom. The third-order valence-electron chi connectivity index (χ3n) is 2.54. The minimum absolute atomic E-state index is 0.147. The summed E-state index contributed by atoms with van der Waals surface area (Å²) in [6, 6.07) is 4.16. The molecule has 0 atom stereocenters. The van der Waals surface area contributed by atoms with Crippen LogP contribution in [-0.4, -0.2) is 23.9 Å². The SMILES string of the molecule is CCC(CC)N(C)C(=O)c1cccs1. The van der Waals surface area contributed by atoms with Crippen molar-refractivity contribution in [1.29, 1.82) is 0 Å². The first-order chi connectivity index (χ1) is 6.70. The first kappa shape index (κ1) is 11.2. The molecule has 0 N–H and O–H groups in total. The minimum atomic E-state index is 0.147. The summed E-state index contributed by atoms with van der Waals surface area (Å²) >= 11 is 1.51. The number of thiophene rings is 1. The highest BCUT2D eigenvalue weighted by Crippen LogP contribution is 2.15. The molecule has 1 heterocycles. The molecule has 2 nitrogen and oxygen atoms in total. The Kier molecular flexibility index (Phi) is 4.14. The second-order valence-electron chi connectivity index (χ2n) is 3.36. The predicted molar refractivity (Wildman–Crippen MR) is 60.8 cm³/mol. The molecular formula is C11H17NOS. The average Bonchev–Trinajstić information content (AvgIpc) is 2.71. The molecule has 0 unspecified atom stereocenters. The zero-order valence-electron chi connectivity index (χ0n) is 8.99. The second-order valence-corrected chi connectivity index (χ2v) is 4.31. The summed E-state index contributed by atoms with van der Waals surface area (Å²) in [6.07, 6.45) is 2.04. The van der Waals surface area contributed by atoms with E-state index in [1.807, 2.05) is 29.5 Å². The molecule has 3 heteroatoms. The number of hydrogen-bond donors (Lipinski definition) is 0. The molecule has 1 amide bonds. The van der Waals surface area contributed by atoms with E-state index in [1.165, 1.54) is 11.3 Å². The van der Waals surface area contributed by atoms with Crippen molar-refractivity contribution in [3.05, 3.63) is 22.4 Å². The van der Waals surface area contributed by atoms with Gasteiger partial charge in [0.2, 0.25) is 0 Å². The van der Waals surface area contributed by atoms with E-state index in [-0.39, 0.29) is 5.91 Å². The van der Waals surface area contributed by atoms with E-state index in [9.17, 15) is 4.79 Å². The molecule has 1 aromatic heterocycles. The maximum atomic E-state index is 11.9. The third kappa shape index (κ3) is 2.35. The van der Waals surface area contributed by atoms with Gasteiger partial charge in [0.1, 0.15) is 0 Å². The smallest absolute Gasteiger partial charge is 0.263 e. The van der Waals surface area contributed by atoms with Crippen LogP contribution in [0.15, 0.2) is 17.5 Å². The first-order valence-corrected chi connectivity index (χ1v) is 5.89. The van der Waals surface area contributed by atoms with E-state index < -0.39 is 0 Å². The lowest BCUT2D eigenvalue weighted by atomic mass is 10.1. The van der Waals surface area contributed by atoms with Crippen LogP contribution in [0, 0.1) is 0 Å². The molecule has 0 aliphatic rings. The average molecular weight is 211 g/mol. The van der Waals surface area contributed by atoms with E-state index in [2.05, 4.69) is 13.8 Å². The van der Waals surface area contributed by atoms with E-state index in [0.717, 1.165) is 17.7 Å². The number of rotatable bonds is 4. The van der Waals surface area contributed by atoms with Crippen molar-refractivity contribution >= 4 is 17.2 Å². The summed E-state index contributed by atoms with van der Waals surface area (Å²) in [7, 11) is 1.89. The van der Waals surface area contributed by atoms with Crippen LogP contribution >= 0.6 is 11.3 Å². The predicted octanol–water partition coefficient (Wildman–Crippen LogP) is 3.01. The third-order valence-corrected chi connectivity index (χ3v) is 3.40. The van der Waals surface area contributed by atoms with Gasteiger partial charge in [0.25, 0.3) is 5.91 Å². The molecule has 0 bridgehead atoms. The van der Waals surface area contributed by atoms with Gasteiger partial charge in [-0.2, -0.15) is 0 Å². The lowest BCUT2D eigenvalue weighted by molar-refractivity contribution is 0.0728. The molecule has 0 spiro atoms. The Balaban J connectivity index is 2.69. The molecule has 78 valence electrons. The largest absolute Gasteiger partial charge is 0.338 e. The van der Waals surface area contributed by atoms with Crippen molar-refractivity contribution in [2.24, 2.45) is 0 Å². The van der Waals surface area contributed by atoms with Gasteiger partial charge in [0.15, 0.2) is 0 Å². The van der Waals surface area contributed by atoms with E-state index >= 15 is 0 Å². The molecule has 0 saturated heterocycles. The van der Waals surface area contributed by atoms with Crippen LogP contribution in [-0.2, 0) is 0 Å². The van der Waals surface area contributed by atoms with Gasteiger partial charge in [-0.1, -0.05) is 19.9 Å². The lowest BCUT2D eigenvalue weighted by Gasteiger charge is -2.25.